The molecule has 1 saturated heterocycles. The van der Waals surface area contributed by atoms with E-state index in [1.54, 1.807) is 12.1 Å². The van der Waals surface area contributed by atoms with Gasteiger partial charge in [-0.3, -0.25) is 4.90 Å². The van der Waals surface area contributed by atoms with Crippen molar-refractivity contribution in [3.63, 3.8) is 0 Å². The highest BCUT2D eigenvalue weighted by atomic mass is 19.1. The quantitative estimate of drug-likeness (QED) is 0.854. The van der Waals surface area contributed by atoms with Crippen molar-refractivity contribution in [3.8, 4) is 0 Å². The van der Waals surface area contributed by atoms with Crippen molar-refractivity contribution >= 4 is 0 Å². The predicted octanol–water partition coefficient (Wildman–Crippen LogP) is 2.42. The summed E-state index contributed by atoms with van der Waals surface area (Å²) in [7, 11) is 0. The lowest BCUT2D eigenvalue weighted by atomic mass is 9.81. The molecule has 0 radical (unpaired) electrons. The predicted molar refractivity (Wildman–Crippen MR) is 66.1 cm³/mol. The Labute approximate surface area is 102 Å². The van der Waals surface area contributed by atoms with Crippen LogP contribution in [0.2, 0.25) is 0 Å². The fourth-order valence-electron chi connectivity index (χ4n) is 2.48. The Hall–Kier alpha value is -0.930. The number of halogens is 1. The summed E-state index contributed by atoms with van der Waals surface area (Å²) in [5.41, 5.74) is 0.920. The van der Waals surface area contributed by atoms with Crippen LogP contribution in [-0.4, -0.2) is 29.2 Å². The van der Waals surface area contributed by atoms with Crippen LogP contribution in [-0.2, 0) is 6.54 Å². The Balaban J connectivity index is 2.01. The molecule has 0 aromatic heterocycles. The van der Waals surface area contributed by atoms with Gasteiger partial charge in [-0.05, 0) is 24.1 Å². The maximum Gasteiger partial charge on any atom is 0.123 e. The molecule has 1 N–H and O–H groups in total. The van der Waals surface area contributed by atoms with Crippen LogP contribution < -0.4 is 0 Å². The first-order valence-electron chi connectivity index (χ1n) is 6.12. The van der Waals surface area contributed by atoms with Gasteiger partial charge < -0.3 is 5.11 Å². The third-order valence-corrected chi connectivity index (χ3v) is 3.55. The van der Waals surface area contributed by atoms with Crippen molar-refractivity contribution in [1.82, 2.24) is 4.90 Å². The zero-order valence-corrected chi connectivity index (χ0v) is 10.5. The van der Waals surface area contributed by atoms with Gasteiger partial charge in [0.15, 0.2) is 0 Å². The van der Waals surface area contributed by atoms with Crippen LogP contribution in [0.25, 0.3) is 0 Å². The van der Waals surface area contributed by atoms with Crippen molar-refractivity contribution < 1.29 is 9.50 Å². The summed E-state index contributed by atoms with van der Waals surface area (Å²) in [5.74, 6) is -0.182. The lowest BCUT2D eigenvalue weighted by molar-refractivity contribution is -0.0270. The van der Waals surface area contributed by atoms with Gasteiger partial charge in [0.05, 0.1) is 6.10 Å². The molecule has 1 atom stereocenters. The average molecular weight is 237 g/mol. The number of aliphatic hydroxyl groups is 1. The molecule has 1 aromatic carbocycles. The maximum absolute atomic E-state index is 13.1. The smallest absolute Gasteiger partial charge is 0.123 e. The normalized spacial score (nSPS) is 24.8. The van der Waals surface area contributed by atoms with Crippen molar-refractivity contribution in [2.24, 2.45) is 5.41 Å². The Morgan fingerprint density at radius 2 is 2.24 bits per heavy atom. The second-order valence-corrected chi connectivity index (χ2v) is 5.63. The molecule has 0 amide bonds. The van der Waals surface area contributed by atoms with E-state index in [1.165, 1.54) is 6.07 Å². The van der Waals surface area contributed by atoms with Gasteiger partial charge in [0.25, 0.3) is 0 Å². The van der Waals surface area contributed by atoms with E-state index >= 15 is 0 Å². The molecule has 1 aromatic rings. The molecule has 0 bridgehead atoms. The summed E-state index contributed by atoms with van der Waals surface area (Å²) in [6, 6.07) is 6.74. The van der Waals surface area contributed by atoms with E-state index in [0.717, 1.165) is 31.6 Å². The van der Waals surface area contributed by atoms with Crippen LogP contribution in [0, 0.1) is 11.2 Å². The third-order valence-electron chi connectivity index (χ3n) is 3.55. The molecule has 0 saturated carbocycles. The van der Waals surface area contributed by atoms with Crippen molar-refractivity contribution in [2.45, 2.75) is 32.9 Å². The van der Waals surface area contributed by atoms with Crippen LogP contribution in [0.4, 0.5) is 4.39 Å². The lowest BCUT2D eigenvalue weighted by Gasteiger charge is -2.41. The molecule has 1 aliphatic heterocycles. The molecule has 0 aliphatic carbocycles. The fraction of sp³-hybridized carbons (Fsp3) is 0.571. The number of benzene rings is 1. The van der Waals surface area contributed by atoms with Crippen LogP contribution in [0.3, 0.4) is 0 Å². The van der Waals surface area contributed by atoms with E-state index in [0.29, 0.717) is 0 Å². The van der Waals surface area contributed by atoms with E-state index < -0.39 is 0 Å². The first-order valence-corrected chi connectivity index (χ1v) is 6.12. The first-order chi connectivity index (χ1) is 7.97. The van der Waals surface area contributed by atoms with E-state index in [-0.39, 0.29) is 17.3 Å². The van der Waals surface area contributed by atoms with Crippen molar-refractivity contribution in [2.75, 3.05) is 13.1 Å². The van der Waals surface area contributed by atoms with Gasteiger partial charge in [-0.1, -0.05) is 26.0 Å². The molecule has 2 nitrogen and oxygen atoms in total. The standard InChI is InChI=1S/C14H20FNO/c1-14(2)10-16(7-6-13(14)17)9-11-4-3-5-12(15)8-11/h3-5,8,13,17H,6-7,9-10H2,1-2H3. The molecule has 0 spiro atoms. The highest BCUT2D eigenvalue weighted by molar-refractivity contribution is 5.16. The lowest BCUT2D eigenvalue weighted by Crippen LogP contribution is -2.48. The second kappa shape index (κ2) is 4.75. The minimum atomic E-state index is -0.230. The van der Waals surface area contributed by atoms with Gasteiger partial charge in [-0.25, -0.2) is 4.39 Å². The fourth-order valence-corrected chi connectivity index (χ4v) is 2.48. The molecule has 1 heterocycles. The first kappa shape index (κ1) is 12.5. The van der Waals surface area contributed by atoms with Gasteiger partial charge >= 0.3 is 0 Å². The summed E-state index contributed by atoms with van der Waals surface area (Å²) in [4.78, 5) is 2.28. The number of piperidine rings is 1. The van der Waals surface area contributed by atoms with Gasteiger partial charge in [-0.2, -0.15) is 0 Å². The highest BCUT2D eigenvalue weighted by Gasteiger charge is 2.34. The molecule has 1 aliphatic rings. The van der Waals surface area contributed by atoms with E-state index in [2.05, 4.69) is 18.7 Å². The number of nitrogens with zero attached hydrogens (tertiary/aromatic N) is 1. The van der Waals surface area contributed by atoms with Gasteiger partial charge in [0, 0.05) is 25.0 Å². The van der Waals surface area contributed by atoms with E-state index in [4.69, 9.17) is 0 Å². The Bertz CT molecular complexity index is 392. The summed E-state index contributed by atoms with van der Waals surface area (Å²) in [5, 5.41) is 9.88. The molecule has 1 unspecified atom stereocenters. The Kier molecular flexibility index (Phi) is 3.50. The molecule has 94 valence electrons. The molecule has 3 heteroatoms. The van der Waals surface area contributed by atoms with E-state index in [1.807, 2.05) is 6.07 Å². The Morgan fingerprint density at radius 1 is 1.47 bits per heavy atom. The minimum absolute atomic E-state index is 0.0778. The van der Waals surface area contributed by atoms with Gasteiger partial charge in [0.2, 0.25) is 0 Å². The number of likely N-dealkylation sites (tertiary alicyclic amines) is 1. The molecule has 17 heavy (non-hydrogen) atoms. The monoisotopic (exact) mass is 237 g/mol. The largest absolute Gasteiger partial charge is 0.392 e. The summed E-state index contributed by atoms with van der Waals surface area (Å²) in [6.45, 7) is 6.64. The highest BCUT2D eigenvalue weighted by Crippen LogP contribution is 2.29. The number of rotatable bonds is 2. The number of aliphatic hydroxyl groups excluding tert-OH is 1. The molecular formula is C14H20FNO. The zero-order valence-electron chi connectivity index (χ0n) is 10.5. The van der Waals surface area contributed by atoms with Crippen LogP contribution in [0.5, 0.6) is 0 Å². The minimum Gasteiger partial charge on any atom is -0.392 e. The molecule has 1 fully saturated rings. The van der Waals surface area contributed by atoms with Crippen molar-refractivity contribution in [1.29, 1.82) is 0 Å². The number of hydrogen-bond donors (Lipinski definition) is 1. The third kappa shape index (κ3) is 3.05. The van der Waals surface area contributed by atoms with Crippen LogP contribution in [0.1, 0.15) is 25.8 Å². The summed E-state index contributed by atoms with van der Waals surface area (Å²) < 4.78 is 13.1. The Morgan fingerprint density at radius 3 is 2.88 bits per heavy atom. The molecule has 2 rings (SSSR count). The van der Waals surface area contributed by atoms with Gasteiger partial charge in [-0.15, -0.1) is 0 Å². The van der Waals surface area contributed by atoms with Gasteiger partial charge in [0.1, 0.15) is 5.82 Å². The van der Waals surface area contributed by atoms with Crippen LogP contribution >= 0.6 is 0 Å². The summed E-state index contributed by atoms with van der Waals surface area (Å²) in [6.07, 6.45) is 0.564. The zero-order chi connectivity index (χ0) is 12.5. The SMILES string of the molecule is CC1(C)CN(Cc2cccc(F)c2)CCC1O. The second-order valence-electron chi connectivity index (χ2n) is 5.63. The van der Waals surface area contributed by atoms with Crippen LogP contribution in [0.15, 0.2) is 24.3 Å². The maximum atomic E-state index is 13.1. The summed E-state index contributed by atoms with van der Waals surface area (Å²) >= 11 is 0. The topological polar surface area (TPSA) is 23.5 Å². The molecular weight excluding hydrogens is 217 g/mol. The van der Waals surface area contributed by atoms with E-state index in [9.17, 15) is 9.50 Å². The van der Waals surface area contributed by atoms with Crippen molar-refractivity contribution in [3.05, 3.63) is 35.6 Å². The number of hydrogen-bond acceptors (Lipinski definition) is 2. The average Bonchev–Trinajstić information content (AvgIpc) is 2.23.